The van der Waals surface area contributed by atoms with E-state index in [-0.39, 0.29) is 0 Å². The molecule has 21 heavy (non-hydrogen) atoms. The fourth-order valence-corrected chi connectivity index (χ4v) is 2.94. The fourth-order valence-electron chi connectivity index (χ4n) is 2.23. The minimum absolute atomic E-state index is 0.359. The van der Waals surface area contributed by atoms with Crippen molar-refractivity contribution in [2.75, 3.05) is 11.4 Å². The second-order valence-electron chi connectivity index (χ2n) is 4.39. The quantitative estimate of drug-likeness (QED) is 0.678. The Bertz CT molecular complexity index is 800. The highest BCUT2D eigenvalue weighted by atomic mass is 32.1. The number of nitrogens with zero attached hydrogens (tertiary/aromatic N) is 4. The maximum Gasteiger partial charge on any atom is 0.196 e. The highest BCUT2D eigenvalue weighted by Gasteiger charge is 2.19. The Labute approximate surface area is 125 Å². The van der Waals surface area contributed by atoms with Crippen LogP contribution < -0.4 is 4.90 Å². The molecule has 2 aromatic heterocycles. The van der Waals surface area contributed by atoms with Crippen LogP contribution >= 0.6 is 11.3 Å². The van der Waals surface area contributed by atoms with Gasteiger partial charge < -0.3 is 4.90 Å². The first-order valence-electron chi connectivity index (χ1n) is 6.45. The van der Waals surface area contributed by atoms with Crippen molar-refractivity contribution in [3.8, 4) is 6.07 Å². The Morgan fingerprint density at radius 3 is 2.90 bits per heavy atom. The monoisotopic (exact) mass is 296 g/mol. The fraction of sp³-hybridized carbons (Fsp3) is 0.133. The number of benzene rings is 1. The Morgan fingerprint density at radius 2 is 2.19 bits per heavy atom. The van der Waals surface area contributed by atoms with Gasteiger partial charge in [-0.1, -0.05) is 18.2 Å². The molecule has 0 radical (unpaired) electrons. The summed E-state index contributed by atoms with van der Waals surface area (Å²) in [5, 5.41) is 10.8. The van der Waals surface area contributed by atoms with E-state index in [0.29, 0.717) is 24.5 Å². The highest BCUT2D eigenvalue weighted by molar-refractivity contribution is 7.15. The van der Waals surface area contributed by atoms with Crippen molar-refractivity contribution in [3.05, 3.63) is 47.6 Å². The van der Waals surface area contributed by atoms with Crippen LogP contribution in [0.15, 0.2) is 41.9 Å². The van der Waals surface area contributed by atoms with E-state index in [9.17, 15) is 4.79 Å². The number of carbonyl (C=O) groups is 1. The summed E-state index contributed by atoms with van der Waals surface area (Å²) in [6.45, 7) is 0.492. The largest absolute Gasteiger partial charge is 0.323 e. The third-order valence-corrected chi connectivity index (χ3v) is 3.92. The van der Waals surface area contributed by atoms with E-state index in [1.165, 1.54) is 11.3 Å². The molecule has 1 aromatic carbocycles. The predicted molar refractivity (Wildman–Crippen MR) is 82.1 cm³/mol. The normalized spacial score (nSPS) is 10.4. The number of fused-ring (bicyclic) bond motifs is 1. The standard InChI is InChI=1S/C15H12N4OS/c16-7-4-8-18(12-5-2-1-3-6-12)14-13(11-20)19-9-10-21-15(19)17-14/h1-3,5-6,9-11H,4,8H2. The summed E-state index contributed by atoms with van der Waals surface area (Å²) < 4.78 is 1.77. The molecule has 0 saturated carbocycles. The summed E-state index contributed by atoms with van der Waals surface area (Å²) in [6.07, 6.45) is 3.00. The SMILES string of the molecule is N#CCCN(c1ccccc1)c1nc2sccn2c1C=O. The third-order valence-electron chi connectivity index (χ3n) is 3.16. The summed E-state index contributed by atoms with van der Waals surface area (Å²) >= 11 is 1.48. The molecule has 0 spiro atoms. The van der Waals surface area contributed by atoms with E-state index < -0.39 is 0 Å². The first-order valence-corrected chi connectivity index (χ1v) is 7.33. The van der Waals surface area contributed by atoms with Gasteiger partial charge in [0.2, 0.25) is 0 Å². The molecule has 104 valence electrons. The summed E-state index contributed by atoms with van der Waals surface area (Å²) in [4.78, 5) is 18.7. The zero-order valence-electron chi connectivity index (χ0n) is 11.1. The number of para-hydroxylation sites is 1. The minimum atomic E-state index is 0.359. The van der Waals surface area contributed by atoms with Crippen molar-refractivity contribution >= 4 is 34.1 Å². The van der Waals surface area contributed by atoms with Gasteiger partial charge in [0, 0.05) is 23.8 Å². The Morgan fingerprint density at radius 1 is 1.38 bits per heavy atom. The lowest BCUT2D eigenvalue weighted by Gasteiger charge is -2.21. The van der Waals surface area contributed by atoms with Crippen LogP contribution in [-0.4, -0.2) is 22.2 Å². The molecule has 0 atom stereocenters. The Hall–Kier alpha value is -2.65. The first-order chi connectivity index (χ1) is 10.3. The average Bonchev–Trinajstić information content (AvgIpc) is 3.09. The molecule has 3 rings (SSSR count). The van der Waals surface area contributed by atoms with Crippen LogP contribution in [0, 0.1) is 11.3 Å². The molecule has 6 heteroatoms. The van der Waals surface area contributed by atoms with Crippen LogP contribution in [0.4, 0.5) is 11.5 Å². The molecule has 3 aromatic rings. The molecule has 0 N–H and O–H groups in total. The second-order valence-corrected chi connectivity index (χ2v) is 5.26. The Balaban J connectivity index is 2.12. The summed E-state index contributed by atoms with van der Waals surface area (Å²) in [5.74, 6) is 0.596. The molecule has 5 nitrogen and oxygen atoms in total. The smallest absolute Gasteiger partial charge is 0.196 e. The van der Waals surface area contributed by atoms with Gasteiger partial charge in [-0.25, -0.2) is 4.98 Å². The van der Waals surface area contributed by atoms with Crippen molar-refractivity contribution in [1.82, 2.24) is 9.38 Å². The number of aromatic nitrogens is 2. The van der Waals surface area contributed by atoms with Crippen molar-refractivity contribution in [1.29, 1.82) is 5.26 Å². The molecule has 0 aliphatic heterocycles. The van der Waals surface area contributed by atoms with E-state index >= 15 is 0 Å². The topological polar surface area (TPSA) is 61.4 Å². The van der Waals surface area contributed by atoms with E-state index in [0.717, 1.165) is 16.9 Å². The van der Waals surface area contributed by atoms with Crippen LogP contribution in [-0.2, 0) is 0 Å². The summed E-state index contributed by atoms with van der Waals surface area (Å²) in [6, 6.07) is 11.8. The molecule has 0 aliphatic carbocycles. The van der Waals surface area contributed by atoms with Gasteiger partial charge in [-0.05, 0) is 12.1 Å². The number of anilines is 2. The molecule has 0 unspecified atom stereocenters. The number of imidazole rings is 1. The summed E-state index contributed by atoms with van der Waals surface area (Å²) in [5.41, 5.74) is 1.43. The third kappa shape index (κ3) is 2.39. The van der Waals surface area contributed by atoms with Crippen molar-refractivity contribution in [2.45, 2.75) is 6.42 Å². The zero-order chi connectivity index (χ0) is 14.7. The lowest BCUT2D eigenvalue weighted by Crippen LogP contribution is -2.20. The number of rotatable bonds is 5. The maximum atomic E-state index is 11.5. The highest BCUT2D eigenvalue weighted by Crippen LogP contribution is 2.29. The number of hydrogen-bond donors (Lipinski definition) is 0. The molecular formula is C15H12N4OS. The van der Waals surface area contributed by atoms with Gasteiger partial charge in [0.15, 0.2) is 17.1 Å². The predicted octanol–water partition coefficient (Wildman–Crippen LogP) is 3.26. The lowest BCUT2D eigenvalue weighted by atomic mass is 10.2. The second kappa shape index (κ2) is 5.77. The van der Waals surface area contributed by atoms with Crippen molar-refractivity contribution in [2.24, 2.45) is 0 Å². The van der Waals surface area contributed by atoms with E-state index in [4.69, 9.17) is 5.26 Å². The molecule has 0 fully saturated rings. The number of aldehydes is 1. The van der Waals surface area contributed by atoms with E-state index in [2.05, 4.69) is 11.1 Å². The minimum Gasteiger partial charge on any atom is -0.323 e. The molecule has 0 bridgehead atoms. The molecule has 0 aliphatic rings. The van der Waals surface area contributed by atoms with Gasteiger partial charge in [-0.3, -0.25) is 9.20 Å². The van der Waals surface area contributed by atoms with E-state index in [1.807, 2.05) is 46.8 Å². The molecule has 0 saturated heterocycles. The molecule has 2 heterocycles. The van der Waals surface area contributed by atoms with Gasteiger partial charge in [-0.2, -0.15) is 5.26 Å². The maximum absolute atomic E-state index is 11.5. The first kappa shape index (κ1) is 13.3. The van der Waals surface area contributed by atoms with Crippen LogP contribution in [0.25, 0.3) is 4.96 Å². The van der Waals surface area contributed by atoms with Gasteiger partial charge in [0.05, 0.1) is 12.5 Å². The van der Waals surface area contributed by atoms with Crippen molar-refractivity contribution in [3.63, 3.8) is 0 Å². The number of hydrogen-bond acceptors (Lipinski definition) is 5. The van der Waals surface area contributed by atoms with E-state index in [1.54, 1.807) is 4.40 Å². The van der Waals surface area contributed by atoms with Crippen LogP contribution in [0.3, 0.4) is 0 Å². The van der Waals surface area contributed by atoms with Gasteiger partial charge in [-0.15, -0.1) is 11.3 Å². The number of thiazole rings is 1. The van der Waals surface area contributed by atoms with Gasteiger partial charge in [0.25, 0.3) is 0 Å². The zero-order valence-corrected chi connectivity index (χ0v) is 12.0. The number of carbonyl (C=O) groups excluding carboxylic acids is 1. The van der Waals surface area contributed by atoms with Crippen molar-refractivity contribution < 1.29 is 4.79 Å². The van der Waals surface area contributed by atoms with Gasteiger partial charge >= 0.3 is 0 Å². The molecular weight excluding hydrogens is 284 g/mol. The van der Waals surface area contributed by atoms with Crippen LogP contribution in [0.5, 0.6) is 0 Å². The summed E-state index contributed by atoms with van der Waals surface area (Å²) in [7, 11) is 0. The molecule has 0 amide bonds. The van der Waals surface area contributed by atoms with Crippen LogP contribution in [0.2, 0.25) is 0 Å². The number of nitriles is 1. The lowest BCUT2D eigenvalue weighted by molar-refractivity contribution is 0.111. The van der Waals surface area contributed by atoms with Gasteiger partial charge in [0.1, 0.15) is 5.69 Å². The van der Waals surface area contributed by atoms with Crippen LogP contribution in [0.1, 0.15) is 16.9 Å². The average molecular weight is 296 g/mol. The Kier molecular flexibility index (Phi) is 3.67.